The van der Waals surface area contributed by atoms with Crippen molar-refractivity contribution in [3.8, 4) is 0 Å². The molecule has 0 spiro atoms. The summed E-state index contributed by atoms with van der Waals surface area (Å²) < 4.78 is 0. The molecule has 1 N–H and O–H groups in total. The maximum absolute atomic E-state index is 4.38. The molecule has 2 aromatic rings. The summed E-state index contributed by atoms with van der Waals surface area (Å²) in [6, 6.07) is 19.2. The number of nitrogens with one attached hydrogen (secondary N) is 1. The van der Waals surface area contributed by atoms with E-state index in [1.807, 2.05) is 0 Å². The van der Waals surface area contributed by atoms with Gasteiger partial charge in [0.2, 0.25) is 0 Å². The number of allylic oxidation sites excluding steroid dienone is 1. The van der Waals surface area contributed by atoms with Gasteiger partial charge in [-0.05, 0) is 80.7 Å². The molecule has 1 unspecified atom stereocenters. The summed E-state index contributed by atoms with van der Waals surface area (Å²) in [6.45, 7) is 17.1. The minimum absolute atomic E-state index is 0.388. The summed E-state index contributed by atoms with van der Waals surface area (Å²) in [6.07, 6.45) is 13.4. The zero-order valence-electron chi connectivity index (χ0n) is 22.6. The number of hydrogen-bond acceptors (Lipinski definition) is 2. The number of rotatable bonds is 14. The average molecular weight is 473 g/mol. The van der Waals surface area contributed by atoms with Gasteiger partial charge in [-0.15, -0.1) is 6.58 Å². The summed E-state index contributed by atoms with van der Waals surface area (Å²) in [5.74, 6) is 0.985. The average Bonchev–Trinajstić information content (AvgIpc) is 2.89. The van der Waals surface area contributed by atoms with Gasteiger partial charge in [0.1, 0.15) is 0 Å². The first-order valence-corrected chi connectivity index (χ1v) is 14.1. The second-order valence-electron chi connectivity index (χ2n) is 10.2. The summed E-state index contributed by atoms with van der Waals surface area (Å²) in [4.78, 5) is 2.33. The van der Waals surface area contributed by atoms with Gasteiger partial charge in [0, 0.05) is 36.4 Å². The third-order valence-corrected chi connectivity index (χ3v) is 7.84. The first-order chi connectivity index (χ1) is 17.1. The Kier molecular flexibility index (Phi) is 11.0. The Hall–Kier alpha value is -2.48. The first-order valence-electron chi connectivity index (χ1n) is 14.1. The van der Waals surface area contributed by atoms with Gasteiger partial charge in [-0.1, -0.05) is 81.7 Å². The Morgan fingerprint density at radius 3 is 2.31 bits per heavy atom. The van der Waals surface area contributed by atoms with Crippen molar-refractivity contribution < 1.29 is 0 Å². The molecule has 0 amide bonds. The zero-order valence-corrected chi connectivity index (χ0v) is 22.6. The van der Waals surface area contributed by atoms with Crippen molar-refractivity contribution in [3.05, 3.63) is 84.5 Å². The van der Waals surface area contributed by atoms with Gasteiger partial charge in [0.25, 0.3) is 0 Å². The van der Waals surface area contributed by atoms with Crippen LogP contribution >= 0.6 is 0 Å². The molecule has 0 aromatic heterocycles. The van der Waals surface area contributed by atoms with Crippen molar-refractivity contribution in [1.29, 1.82) is 0 Å². The molecule has 2 nitrogen and oxygen atoms in total. The van der Waals surface area contributed by atoms with Crippen molar-refractivity contribution >= 4 is 11.4 Å². The maximum atomic E-state index is 4.38. The molecule has 1 saturated carbocycles. The van der Waals surface area contributed by atoms with Crippen molar-refractivity contribution in [1.82, 2.24) is 4.90 Å². The lowest BCUT2D eigenvalue weighted by Gasteiger charge is -2.30. The van der Waals surface area contributed by atoms with Crippen LogP contribution in [0.2, 0.25) is 0 Å². The van der Waals surface area contributed by atoms with E-state index in [1.54, 1.807) is 0 Å². The van der Waals surface area contributed by atoms with E-state index in [0.29, 0.717) is 17.9 Å². The van der Waals surface area contributed by atoms with E-state index in [-0.39, 0.29) is 0 Å². The van der Waals surface area contributed by atoms with Crippen molar-refractivity contribution in [2.24, 2.45) is 5.92 Å². The summed E-state index contributed by atoms with van der Waals surface area (Å²) >= 11 is 0. The van der Waals surface area contributed by atoms with Crippen LogP contribution in [0.4, 0.5) is 5.69 Å². The summed E-state index contributed by atoms with van der Waals surface area (Å²) in [5, 5.41) is 3.86. The Labute approximate surface area is 215 Å². The molecule has 1 fully saturated rings. The van der Waals surface area contributed by atoms with Crippen LogP contribution < -0.4 is 5.32 Å². The minimum Gasteiger partial charge on any atom is -0.382 e. The Balaban J connectivity index is 1.93. The molecule has 2 heteroatoms. The van der Waals surface area contributed by atoms with E-state index in [1.165, 1.54) is 73.7 Å². The second-order valence-corrected chi connectivity index (χ2v) is 10.2. The minimum atomic E-state index is 0.388. The van der Waals surface area contributed by atoms with E-state index >= 15 is 0 Å². The quantitative estimate of drug-likeness (QED) is 0.276. The fourth-order valence-electron chi connectivity index (χ4n) is 5.89. The number of hydrogen-bond donors (Lipinski definition) is 1. The van der Waals surface area contributed by atoms with Crippen LogP contribution in [-0.4, -0.2) is 24.0 Å². The van der Waals surface area contributed by atoms with Gasteiger partial charge in [0.05, 0.1) is 0 Å². The predicted octanol–water partition coefficient (Wildman–Crippen LogP) is 9.26. The molecule has 0 radical (unpaired) electrons. The molecule has 3 rings (SSSR count). The van der Waals surface area contributed by atoms with Crippen LogP contribution in [0.15, 0.2) is 67.8 Å². The van der Waals surface area contributed by atoms with Crippen molar-refractivity contribution in [2.75, 3.05) is 18.4 Å². The molecule has 2 atom stereocenters. The van der Waals surface area contributed by atoms with Crippen LogP contribution in [0.25, 0.3) is 5.70 Å². The Bertz CT molecular complexity index is 903. The molecule has 0 heterocycles. The molecule has 0 bridgehead atoms. The van der Waals surface area contributed by atoms with Crippen molar-refractivity contribution in [2.45, 2.75) is 90.5 Å². The molecule has 35 heavy (non-hydrogen) atoms. The van der Waals surface area contributed by atoms with Crippen LogP contribution in [0.5, 0.6) is 0 Å². The number of nitrogens with zero attached hydrogens (tertiary/aromatic N) is 1. The maximum Gasteiger partial charge on any atom is 0.0366 e. The van der Waals surface area contributed by atoms with E-state index in [4.69, 9.17) is 0 Å². The lowest BCUT2D eigenvalue weighted by molar-refractivity contribution is 0.403. The highest BCUT2D eigenvalue weighted by Crippen LogP contribution is 2.39. The van der Waals surface area contributed by atoms with Crippen LogP contribution in [0.1, 0.15) is 101 Å². The summed E-state index contributed by atoms with van der Waals surface area (Å²) in [5.41, 5.74) is 6.47. The number of anilines is 1. The molecule has 0 aliphatic heterocycles. The van der Waals surface area contributed by atoms with E-state index in [0.717, 1.165) is 25.2 Å². The normalized spacial score (nSPS) is 15.9. The zero-order chi connectivity index (χ0) is 25.0. The fraction of sp³-hybridized carbons (Fsp3) is 0.515. The highest BCUT2D eigenvalue weighted by molar-refractivity contribution is 5.62. The van der Waals surface area contributed by atoms with E-state index in [2.05, 4.69) is 98.8 Å². The highest BCUT2D eigenvalue weighted by Gasteiger charge is 2.25. The fourth-order valence-corrected chi connectivity index (χ4v) is 5.89. The standard InChI is InChI=1S/C33H48N2/c1-6-10-16-28(15-7-2)33(29-23-21-27(22-24-29)26(5)35(8-3)9-4)30-17-14-20-32(25-30)34-31-18-12-11-13-19-31/h6,14,17,20-25,28,31,33-34H,1,5,7-13,15-16,18-19H2,2-4H3/t28-,33?/m0/s1. The van der Waals surface area contributed by atoms with Gasteiger partial charge in [-0.2, -0.15) is 0 Å². The number of benzene rings is 2. The van der Waals surface area contributed by atoms with Crippen molar-refractivity contribution in [3.63, 3.8) is 0 Å². The lowest BCUT2D eigenvalue weighted by Crippen LogP contribution is -2.22. The molecule has 190 valence electrons. The Morgan fingerprint density at radius 1 is 0.971 bits per heavy atom. The van der Waals surface area contributed by atoms with Crippen LogP contribution in [0, 0.1) is 5.92 Å². The molecule has 1 aliphatic rings. The highest BCUT2D eigenvalue weighted by atomic mass is 15.1. The molecule has 2 aromatic carbocycles. The monoisotopic (exact) mass is 472 g/mol. The summed E-state index contributed by atoms with van der Waals surface area (Å²) in [7, 11) is 0. The molecular weight excluding hydrogens is 424 g/mol. The van der Waals surface area contributed by atoms with E-state index in [9.17, 15) is 0 Å². The Morgan fingerprint density at radius 2 is 1.69 bits per heavy atom. The van der Waals surface area contributed by atoms with Crippen LogP contribution in [0.3, 0.4) is 0 Å². The smallest absolute Gasteiger partial charge is 0.0366 e. The lowest BCUT2D eigenvalue weighted by atomic mass is 9.76. The third-order valence-electron chi connectivity index (χ3n) is 7.84. The molecule has 0 saturated heterocycles. The predicted molar refractivity (Wildman–Crippen MR) is 155 cm³/mol. The molecule has 1 aliphatic carbocycles. The largest absolute Gasteiger partial charge is 0.382 e. The SMILES string of the molecule is C=CCC[C@H](CCC)C(c1ccc(C(=C)N(CC)CC)cc1)c1cccc(NC2CCCCC2)c1. The van der Waals surface area contributed by atoms with Gasteiger partial charge in [-0.3, -0.25) is 0 Å². The topological polar surface area (TPSA) is 15.3 Å². The first kappa shape index (κ1) is 27.1. The van der Waals surface area contributed by atoms with Crippen LogP contribution in [-0.2, 0) is 0 Å². The van der Waals surface area contributed by atoms with E-state index < -0.39 is 0 Å². The second kappa shape index (κ2) is 14.2. The van der Waals surface area contributed by atoms with Gasteiger partial charge in [0.15, 0.2) is 0 Å². The van der Waals surface area contributed by atoms with Gasteiger partial charge < -0.3 is 10.2 Å². The third kappa shape index (κ3) is 7.50. The molecular formula is C33H48N2. The van der Waals surface area contributed by atoms with Gasteiger partial charge >= 0.3 is 0 Å². The van der Waals surface area contributed by atoms with Gasteiger partial charge in [-0.25, -0.2) is 0 Å².